The minimum absolute atomic E-state index is 0.357. The summed E-state index contributed by atoms with van der Waals surface area (Å²) >= 11 is 0. The second-order valence-corrected chi connectivity index (χ2v) is 7.79. The molecule has 5 heteroatoms. The zero-order chi connectivity index (χ0) is 19.2. The number of piperidine rings is 1. The van der Waals surface area contributed by atoms with Crippen molar-refractivity contribution >= 4 is 0 Å². The first-order chi connectivity index (χ1) is 13.8. The highest BCUT2D eigenvalue weighted by Gasteiger charge is 2.21. The van der Waals surface area contributed by atoms with Crippen molar-refractivity contribution in [3.8, 4) is 17.4 Å². The van der Waals surface area contributed by atoms with Gasteiger partial charge in [0.05, 0.1) is 7.11 Å². The largest absolute Gasteiger partial charge is 0.481 e. The van der Waals surface area contributed by atoms with E-state index in [1.165, 1.54) is 56.3 Å². The van der Waals surface area contributed by atoms with Gasteiger partial charge in [-0.25, -0.2) is 4.98 Å². The number of para-hydroxylation sites is 1. The molecule has 1 fully saturated rings. The highest BCUT2D eigenvalue weighted by molar-refractivity contribution is 5.48. The maximum Gasteiger partial charge on any atom is 0.231 e. The van der Waals surface area contributed by atoms with Gasteiger partial charge in [-0.3, -0.25) is 4.90 Å². The van der Waals surface area contributed by atoms with Crippen molar-refractivity contribution in [3.63, 3.8) is 0 Å². The Balaban J connectivity index is 1.17. The lowest BCUT2D eigenvalue weighted by Crippen LogP contribution is -2.33. The lowest BCUT2D eigenvalue weighted by Gasteiger charge is -2.32. The van der Waals surface area contributed by atoms with Gasteiger partial charge in [-0.1, -0.05) is 31.0 Å². The molecule has 0 amide bonds. The Kier molecular flexibility index (Phi) is 6.32. The van der Waals surface area contributed by atoms with Gasteiger partial charge in [0.25, 0.3) is 0 Å². The molecule has 0 aliphatic carbocycles. The van der Waals surface area contributed by atoms with E-state index < -0.39 is 0 Å². The van der Waals surface area contributed by atoms with Crippen LogP contribution in [0.25, 0.3) is 0 Å². The van der Waals surface area contributed by atoms with E-state index in [1.807, 2.05) is 12.1 Å². The van der Waals surface area contributed by atoms with Crippen LogP contribution >= 0.6 is 0 Å². The second-order valence-electron chi connectivity index (χ2n) is 7.79. The average molecular weight is 383 g/mol. The van der Waals surface area contributed by atoms with Crippen molar-refractivity contribution in [2.24, 2.45) is 5.92 Å². The van der Waals surface area contributed by atoms with Crippen LogP contribution in [0.1, 0.15) is 43.2 Å². The Morgan fingerprint density at radius 2 is 1.93 bits per heavy atom. The molecule has 4 rings (SSSR count). The minimum Gasteiger partial charge on any atom is -0.481 e. The topological polar surface area (TPSA) is 43.8 Å². The first-order valence-corrected chi connectivity index (χ1v) is 10.4. The van der Waals surface area contributed by atoms with E-state index >= 15 is 0 Å². The first kappa shape index (κ1) is 19.1. The molecule has 2 aromatic rings. The van der Waals surface area contributed by atoms with Crippen molar-refractivity contribution in [1.82, 2.24) is 9.88 Å². The van der Waals surface area contributed by atoms with E-state index in [0.29, 0.717) is 6.79 Å². The molecule has 1 aromatic carbocycles. The molecule has 0 atom stereocenters. The molecule has 2 aliphatic heterocycles. The van der Waals surface area contributed by atoms with E-state index in [1.54, 1.807) is 13.3 Å². The molecular weight excluding hydrogens is 352 g/mol. The lowest BCUT2D eigenvalue weighted by molar-refractivity contribution is 0.168. The number of benzene rings is 1. The maximum absolute atomic E-state index is 5.61. The Hall–Kier alpha value is -2.27. The highest BCUT2D eigenvalue weighted by Crippen LogP contribution is 2.36. The van der Waals surface area contributed by atoms with Crippen LogP contribution in [-0.4, -0.2) is 36.9 Å². The van der Waals surface area contributed by atoms with Gasteiger partial charge in [0, 0.05) is 18.3 Å². The summed E-state index contributed by atoms with van der Waals surface area (Å²) in [6.45, 7) is 3.63. The molecule has 5 nitrogen and oxygen atoms in total. The highest BCUT2D eigenvalue weighted by atomic mass is 16.7. The molecular formula is C23H30N2O3. The lowest BCUT2D eigenvalue weighted by atomic mass is 9.90. The van der Waals surface area contributed by atoms with Crippen LogP contribution < -0.4 is 14.2 Å². The molecule has 3 heterocycles. The zero-order valence-corrected chi connectivity index (χ0v) is 16.7. The van der Waals surface area contributed by atoms with Crippen LogP contribution in [0.15, 0.2) is 36.5 Å². The average Bonchev–Trinajstić information content (AvgIpc) is 3.22. The van der Waals surface area contributed by atoms with E-state index in [4.69, 9.17) is 14.2 Å². The number of aryl methyl sites for hydroxylation is 1. The number of unbranched alkanes of at least 4 members (excludes halogenated alkanes) is 1. The molecule has 28 heavy (non-hydrogen) atoms. The summed E-state index contributed by atoms with van der Waals surface area (Å²) in [6, 6.07) is 10.3. The Morgan fingerprint density at radius 1 is 1.07 bits per heavy atom. The normalized spacial score (nSPS) is 17.0. The van der Waals surface area contributed by atoms with Gasteiger partial charge in [0.15, 0.2) is 11.5 Å². The Labute approximate surface area is 167 Å². The summed E-state index contributed by atoms with van der Waals surface area (Å²) in [7, 11) is 1.70. The van der Waals surface area contributed by atoms with E-state index in [-0.39, 0.29) is 0 Å². The molecule has 150 valence electrons. The van der Waals surface area contributed by atoms with Crippen LogP contribution in [0, 0.1) is 5.92 Å². The van der Waals surface area contributed by atoms with E-state index in [9.17, 15) is 0 Å². The summed E-state index contributed by atoms with van der Waals surface area (Å²) in [5.41, 5.74) is 2.47. The third kappa shape index (κ3) is 4.58. The maximum atomic E-state index is 5.61. The summed E-state index contributed by atoms with van der Waals surface area (Å²) in [4.78, 5) is 6.84. The standard InChI is InChI=1S/C23H30N2O3/c1-26-23-20(9-5-13-24-23)16-25-14-11-18(12-15-25)6-2-3-7-19-8-4-10-21-22(19)28-17-27-21/h4-5,8-10,13,18H,2-3,6-7,11-12,14-17H2,1H3. The van der Waals surface area contributed by atoms with Crippen LogP contribution in [0.3, 0.4) is 0 Å². The molecule has 0 N–H and O–H groups in total. The smallest absolute Gasteiger partial charge is 0.231 e. The van der Waals surface area contributed by atoms with Crippen molar-refractivity contribution in [2.75, 3.05) is 27.0 Å². The predicted molar refractivity (Wildman–Crippen MR) is 109 cm³/mol. The fourth-order valence-corrected chi connectivity index (χ4v) is 4.34. The van der Waals surface area contributed by atoms with Crippen LogP contribution in [0.5, 0.6) is 17.4 Å². The van der Waals surface area contributed by atoms with Crippen molar-refractivity contribution in [1.29, 1.82) is 0 Å². The van der Waals surface area contributed by atoms with Crippen LogP contribution in [0.4, 0.5) is 0 Å². The molecule has 0 unspecified atom stereocenters. The van der Waals surface area contributed by atoms with Gasteiger partial charge in [0.2, 0.25) is 12.7 Å². The summed E-state index contributed by atoms with van der Waals surface area (Å²) < 4.78 is 16.5. The van der Waals surface area contributed by atoms with Gasteiger partial charge in [0.1, 0.15) is 0 Å². The fraction of sp³-hybridized carbons (Fsp3) is 0.522. The Morgan fingerprint density at radius 3 is 2.79 bits per heavy atom. The van der Waals surface area contributed by atoms with E-state index in [0.717, 1.165) is 36.3 Å². The summed E-state index contributed by atoms with van der Waals surface area (Å²) in [5.74, 6) is 3.47. The van der Waals surface area contributed by atoms with Crippen molar-refractivity contribution in [3.05, 3.63) is 47.7 Å². The van der Waals surface area contributed by atoms with E-state index in [2.05, 4.69) is 28.1 Å². The van der Waals surface area contributed by atoms with Gasteiger partial charge in [-0.15, -0.1) is 0 Å². The number of ether oxygens (including phenoxy) is 3. The van der Waals surface area contributed by atoms with Gasteiger partial charge >= 0.3 is 0 Å². The minimum atomic E-state index is 0.357. The predicted octanol–water partition coefficient (Wildman–Crippen LogP) is 4.44. The quantitative estimate of drug-likeness (QED) is 0.632. The molecule has 0 spiro atoms. The van der Waals surface area contributed by atoms with Crippen molar-refractivity contribution in [2.45, 2.75) is 45.1 Å². The number of rotatable bonds is 8. The summed E-state index contributed by atoms with van der Waals surface area (Å²) in [5, 5.41) is 0. The molecule has 1 saturated heterocycles. The third-order valence-corrected chi connectivity index (χ3v) is 5.93. The second kappa shape index (κ2) is 9.28. The molecule has 1 aromatic heterocycles. The number of nitrogens with zero attached hydrogens (tertiary/aromatic N) is 2. The molecule has 0 bridgehead atoms. The van der Waals surface area contributed by atoms with Gasteiger partial charge < -0.3 is 14.2 Å². The number of methoxy groups -OCH3 is 1. The number of aromatic nitrogens is 1. The zero-order valence-electron chi connectivity index (χ0n) is 16.7. The SMILES string of the molecule is COc1ncccc1CN1CCC(CCCCc2cccc3c2OCO3)CC1. The number of hydrogen-bond donors (Lipinski definition) is 0. The van der Waals surface area contributed by atoms with Gasteiger partial charge in [-0.2, -0.15) is 0 Å². The monoisotopic (exact) mass is 382 g/mol. The molecule has 2 aliphatic rings. The number of pyridine rings is 1. The van der Waals surface area contributed by atoms with Crippen LogP contribution in [0.2, 0.25) is 0 Å². The molecule has 0 saturated carbocycles. The van der Waals surface area contributed by atoms with Crippen LogP contribution in [-0.2, 0) is 13.0 Å². The molecule has 0 radical (unpaired) electrons. The number of likely N-dealkylation sites (tertiary alicyclic amines) is 1. The Bertz CT molecular complexity index is 772. The van der Waals surface area contributed by atoms with Gasteiger partial charge in [-0.05, 0) is 62.4 Å². The first-order valence-electron chi connectivity index (χ1n) is 10.4. The number of hydrogen-bond acceptors (Lipinski definition) is 5. The summed E-state index contributed by atoms with van der Waals surface area (Å²) in [6.07, 6.45) is 9.28. The fourth-order valence-electron chi connectivity index (χ4n) is 4.34. The third-order valence-electron chi connectivity index (χ3n) is 5.93. The van der Waals surface area contributed by atoms with Crippen molar-refractivity contribution < 1.29 is 14.2 Å². The number of fused-ring (bicyclic) bond motifs is 1.